The van der Waals surface area contributed by atoms with Crippen molar-refractivity contribution in [3.8, 4) is 0 Å². The lowest BCUT2D eigenvalue weighted by Crippen LogP contribution is -2.25. The molecule has 3 N–H and O–H groups in total. The van der Waals surface area contributed by atoms with Gasteiger partial charge in [-0.25, -0.2) is 9.37 Å². The topological polar surface area (TPSA) is 81.2 Å². The summed E-state index contributed by atoms with van der Waals surface area (Å²) in [5.74, 6) is -0.493. The average molecular weight is 517 g/mol. The molecule has 1 aromatic heterocycles. The van der Waals surface area contributed by atoms with Gasteiger partial charge in [0.15, 0.2) is 0 Å². The van der Waals surface area contributed by atoms with E-state index in [9.17, 15) is 14.3 Å². The molecular weight excluding hydrogens is 487 g/mol. The van der Waals surface area contributed by atoms with Crippen LogP contribution in [0.5, 0.6) is 0 Å². The maximum absolute atomic E-state index is 14.7. The first-order chi connectivity index (χ1) is 15.9. The maximum Gasteiger partial charge on any atom is 0.258 e. The zero-order chi connectivity index (χ0) is 23.8. The van der Waals surface area contributed by atoms with E-state index in [2.05, 4.69) is 50.0 Å². The molecule has 0 aliphatic heterocycles. The van der Waals surface area contributed by atoms with Gasteiger partial charge in [-0.3, -0.25) is 10.1 Å². The first kappa shape index (κ1) is 25.1. The first-order valence-corrected chi connectivity index (χ1v) is 12.0. The highest BCUT2D eigenvalue weighted by Gasteiger charge is 2.17. The third-order valence-corrected chi connectivity index (χ3v) is 6.29. The van der Waals surface area contributed by atoms with Crippen LogP contribution >= 0.6 is 15.9 Å². The molecule has 1 amide bonds. The Morgan fingerprint density at radius 2 is 1.94 bits per heavy atom. The van der Waals surface area contributed by atoms with Crippen molar-refractivity contribution in [1.29, 1.82) is 0 Å². The Balaban J connectivity index is 1.71. The highest BCUT2D eigenvalue weighted by atomic mass is 79.9. The van der Waals surface area contributed by atoms with Gasteiger partial charge >= 0.3 is 0 Å². The van der Waals surface area contributed by atoms with Crippen LogP contribution in [-0.2, 0) is 25.9 Å². The van der Waals surface area contributed by atoms with Crippen LogP contribution in [0.25, 0.3) is 0 Å². The first-order valence-electron chi connectivity index (χ1n) is 11.2. The third-order valence-electron chi connectivity index (χ3n) is 5.80. The minimum Gasteiger partial charge on any atom is -0.392 e. The predicted molar refractivity (Wildman–Crippen MR) is 132 cm³/mol. The van der Waals surface area contributed by atoms with E-state index in [-0.39, 0.29) is 12.2 Å². The fraction of sp³-hybridized carbons (Fsp3) is 0.360. The molecule has 2 aromatic carbocycles. The second-order valence-electron chi connectivity index (χ2n) is 7.83. The van der Waals surface area contributed by atoms with Crippen LogP contribution < -0.4 is 5.32 Å². The summed E-state index contributed by atoms with van der Waals surface area (Å²) in [6, 6.07) is 10.1. The lowest BCUT2D eigenvalue weighted by Gasteiger charge is -2.16. The summed E-state index contributed by atoms with van der Waals surface area (Å²) in [6.07, 6.45) is 3.34. The molecule has 3 rings (SSSR count). The zero-order valence-electron chi connectivity index (χ0n) is 19.0. The highest BCUT2D eigenvalue weighted by Crippen LogP contribution is 2.22. The number of aliphatic hydroxyl groups excluding tert-OH is 1. The van der Waals surface area contributed by atoms with Crippen LogP contribution in [0.2, 0.25) is 0 Å². The van der Waals surface area contributed by atoms with Crippen molar-refractivity contribution in [2.45, 2.75) is 39.7 Å². The summed E-state index contributed by atoms with van der Waals surface area (Å²) >= 11 is 3.44. The number of H-pyrrole nitrogens is 1. The Bertz CT molecular complexity index is 1080. The van der Waals surface area contributed by atoms with E-state index >= 15 is 0 Å². The van der Waals surface area contributed by atoms with E-state index in [1.54, 1.807) is 12.3 Å². The minimum atomic E-state index is -0.428. The molecule has 0 radical (unpaired) electrons. The molecular formula is C25H30BrFN4O2. The van der Waals surface area contributed by atoms with Crippen LogP contribution in [0.4, 0.5) is 10.3 Å². The largest absolute Gasteiger partial charge is 0.392 e. The van der Waals surface area contributed by atoms with Gasteiger partial charge in [0.1, 0.15) is 5.82 Å². The molecule has 0 saturated carbocycles. The van der Waals surface area contributed by atoms with Crippen molar-refractivity contribution in [2.24, 2.45) is 0 Å². The number of amides is 1. The number of aliphatic hydroxyl groups is 1. The van der Waals surface area contributed by atoms with Gasteiger partial charge in [0, 0.05) is 34.3 Å². The Morgan fingerprint density at radius 3 is 2.67 bits per heavy atom. The van der Waals surface area contributed by atoms with Crippen molar-refractivity contribution in [2.75, 3.05) is 25.0 Å². The molecule has 3 aromatic rings. The molecule has 0 saturated heterocycles. The molecule has 6 nitrogen and oxygen atoms in total. The molecule has 1 heterocycles. The van der Waals surface area contributed by atoms with Gasteiger partial charge in [0.05, 0.1) is 12.8 Å². The molecule has 33 heavy (non-hydrogen) atoms. The number of hydrogen-bond acceptors (Lipinski definition) is 4. The number of hydrogen-bond donors (Lipinski definition) is 3. The third kappa shape index (κ3) is 6.72. The number of aryl methyl sites for hydroxylation is 1. The molecule has 8 heteroatoms. The number of rotatable bonds is 11. The molecule has 0 bridgehead atoms. The summed E-state index contributed by atoms with van der Waals surface area (Å²) < 4.78 is 15.6. The quantitative estimate of drug-likeness (QED) is 0.344. The van der Waals surface area contributed by atoms with Gasteiger partial charge in [0.25, 0.3) is 5.91 Å². The molecule has 0 atom stereocenters. The number of benzene rings is 2. The molecule has 0 unspecified atom stereocenters. The second-order valence-corrected chi connectivity index (χ2v) is 8.74. The van der Waals surface area contributed by atoms with Gasteiger partial charge in [-0.1, -0.05) is 41.9 Å². The van der Waals surface area contributed by atoms with Gasteiger partial charge < -0.3 is 15.0 Å². The summed E-state index contributed by atoms with van der Waals surface area (Å²) in [7, 11) is 0. The van der Waals surface area contributed by atoms with E-state index in [0.29, 0.717) is 24.4 Å². The van der Waals surface area contributed by atoms with Gasteiger partial charge in [0.2, 0.25) is 5.95 Å². The van der Waals surface area contributed by atoms with Gasteiger partial charge in [-0.15, -0.1) is 0 Å². The summed E-state index contributed by atoms with van der Waals surface area (Å²) in [5, 5.41) is 12.4. The number of nitrogens with one attached hydrogen (secondary N) is 2. The molecule has 0 aliphatic carbocycles. The smallest absolute Gasteiger partial charge is 0.258 e. The number of carbonyl (C=O) groups is 1. The summed E-state index contributed by atoms with van der Waals surface area (Å²) in [6.45, 7) is 7.02. The number of carbonyl (C=O) groups excluding carboxylic acids is 1. The van der Waals surface area contributed by atoms with Gasteiger partial charge in [-0.2, -0.15) is 0 Å². The van der Waals surface area contributed by atoms with E-state index in [1.165, 1.54) is 12.1 Å². The van der Waals surface area contributed by atoms with Crippen LogP contribution in [0, 0.1) is 5.82 Å². The van der Waals surface area contributed by atoms with Gasteiger partial charge in [-0.05, 0) is 61.3 Å². The van der Waals surface area contributed by atoms with Crippen LogP contribution in [0.3, 0.4) is 0 Å². The molecule has 176 valence electrons. The lowest BCUT2D eigenvalue weighted by atomic mass is 9.96. The number of nitrogens with zero attached hydrogens (tertiary/aromatic N) is 2. The maximum atomic E-state index is 14.7. The number of aromatic amines is 1. The van der Waals surface area contributed by atoms with E-state index < -0.39 is 11.7 Å². The standard InChI is InChI=1S/C25H30BrFN4O2/c1-3-31(4-2)13-12-20-15-28-25(29-20)30-24(33)22-6-5-7-23(27)21(22)11-9-17-14-19(26)10-8-18(17)16-32/h5-8,10,14-15,32H,3-4,9,11-13,16H2,1-2H3,(H2,28,29,30,33). The molecule has 0 fully saturated rings. The van der Waals surface area contributed by atoms with Crippen LogP contribution in [-0.4, -0.2) is 45.5 Å². The normalized spacial score (nSPS) is 11.2. The summed E-state index contributed by atoms with van der Waals surface area (Å²) in [5.41, 5.74) is 3.24. The van der Waals surface area contributed by atoms with E-state index in [1.807, 2.05) is 18.2 Å². The molecule has 0 spiro atoms. The predicted octanol–water partition coefficient (Wildman–Crippen LogP) is 4.73. The van der Waals surface area contributed by atoms with Crippen molar-refractivity contribution in [1.82, 2.24) is 14.9 Å². The van der Waals surface area contributed by atoms with Crippen LogP contribution in [0.15, 0.2) is 47.1 Å². The SMILES string of the molecule is CCN(CC)CCc1cnc(NC(=O)c2cccc(F)c2CCc2cc(Br)ccc2CO)[nH]1. The lowest BCUT2D eigenvalue weighted by molar-refractivity contribution is 0.102. The zero-order valence-corrected chi connectivity index (χ0v) is 20.6. The minimum absolute atomic E-state index is 0.0949. The Morgan fingerprint density at radius 1 is 1.15 bits per heavy atom. The number of anilines is 1. The Labute approximate surface area is 202 Å². The van der Waals surface area contributed by atoms with Crippen LogP contribution in [0.1, 0.15) is 46.6 Å². The summed E-state index contributed by atoms with van der Waals surface area (Å²) in [4.78, 5) is 22.7. The number of halogens is 2. The number of aromatic nitrogens is 2. The fourth-order valence-corrected chi connectivity index (χ4v) is 4.22. The van der Waals surface area contributed by atoms with E-state index in [4.69, 9.17) is 0 Å². The monoisotopic (exact) mass is 516 g/mol. The Hall–Kier alpha value is -2.55. The van der Waals surface area contributed by atoms with E-state index in [0.717, 1.165) is 47.3 Å². The van der Waals surface area contributed by atoms with Crippen molar-refractivity contribution in [3.63, 3.8) is 0 Å². The van der Waals surface area contributed by atoms with Crippen molar-refractivity contribution in [3.05, 3.63) is 80.8 Å². The van der Waals surface area contributed by atoms with Crippen molar-refractivity contribution < 1.29 is 14.3 Å². The average Bonchev–Trinajstić information content (AvgIpc) is 3.26. The number of likely N-dealkylation sites (N-methyl/N-ethyl adjacent to an activating group) is 1. The van der Waals surface area contributed by atoms with Crippen molar-refractivity contribution >= 4 is 27.8 Å². The highest BCUT2D eigenvalue weighted by molar-refractivity contribution is 9.10. The number of imidazole rings is 1. The second kappa shape index (κ2) is 12.1. The fourth-order valence-electron chi connectivity index (χ4n) is 3.81. The molecule has 0 aliphatic rings. The Kier molecular flexibility index (Phi) is 9.17.